The number of methoxy groups -OCH3 is 1. The van der Waals surface area contributed by atoms with E-state index in [-0.39, 0.29) is 22.9 Å². The van der Waals surface area contributed by atoms with Crippen LogP contribution in [0.15, 0.2) is 24.3 Å². The Balaban J connectivity index is 2.28. The summed E-state index contributed by atoms with van der Waals surface area (Å²) < 4.78 is 10.7. The van der Waals surface area contributed by atoms with Gasteiger partial charge < -0.3 is 19.9 Å². The van der Waals surface area contributed by atoms with Crippen LogP contribution in [0.1, 0.15) is 36.7 Å². The Labute approximate surface area is 173 Å². The van der Waals surface area contributed by atoms with E-state index < -0.39 is 11.6 Å². The molecule has 5 nitrogen and oxygen atoms in total. The highest BCUT2D eigenvalue weighted by molar-refractivity contribution is 6.35. The SMILES string of the molecule is COc1cc(NCc2cc(Cl)cc(Cl)c2O)c(Cl)cc1C(=O)OC(C)(C)C. The standard InChI is InChI=1S/C19H20Cl3NO4/c1-19(2,3)27-18(25)12-7-13(21)15(8-16(12)26-4)23-9-10-5-11(20)6-14(22)17(10)24/h5-8,23-24H,9H2,1-4H3. The van der Waals surface area contributed by atoms with Crippen LogP contribution in [0.3, 0.4) is 0 Å². The number of nitrogens with one attached hydrogen (secondary N) is 1. The third kappa shape index (κ3) is 5.58. The second kappa shape index (κ2) is 8.46. The normalized spacial score (nSPS) is 11.2. The maximum absolute atomic E-state index is 12.4. The van der Waals surface area contributed by atoms with Gasteiger partial charge in [0.1, 0.15) is 22.7 Å². The number of hydrogen-bond acceptors (Lipinski definition) is 5. The van der Waals surface area contributed by atoms with Gasteiger partial charge in [-0.1, -0.05) is 34.8 Å². The van der Waals surface area contributed by atoms with Crippen LogP contribution in [0, 0.1) is 0 Å². The molecule has 0 aliphatic rings. The predicted octanol–water partition coefficient (Wildman–Crippen LogP) is 5.93. The number of esters is 1. The molecule has 0 bridgehead atoms. The molecule has 2 rings (SSSR count). The fraction of sp³-hybridized carbons (Fsp3) is 0.316. The molecule has 0 saturated carbocycles. The molecule has 0 fully saturated rings. The van der Waals surface area contributed by atoms with Gasteiger partial charge in [0.25, 0.3) is 0 Å². The van der Waals surface area contributed by atoms with Gasteiger partial charge in [-0.15, -0.1) is 0 Å². The molecule has 0 atom stereocenters. The smallest absolute Gasteiger partial charge is 0.342 e. The minimum Gasteiger partial charge on any atom is -0.506 e. The molecular weight excluding hydrogens is 413 g/mol. The summed E-state index contributed by atoms with van der Waals surface area (Å²) in [6.07, 6.45) is 0. The number of anilines is 1. The molecule has 146 valence electrons. The van der Waals surface area contributed by atoms with E-state index >= 15 is 0 Å². The van der Waals surface area contributed by atoms with Crippen LogP contribution >= 0.6 is 34.8 Å². The molecular formula is C19H20Cl3NO4. The fourth-order valence-corrected chi connectivity index (χ4v) is 3.06. The Kier molecular flexibility index (Phi) is 6.73. The van der Waals surface area contributed by atoms with E-state index in [2.05, 4.69) is 5.32 Å². The summed E-state index contributed by atoms with van der Waals surface area (Å²) in [6.45, 7) is 5.54. The second-order valence-electron chi connectivity index (χ2n) is 6.78. The first kappa shape index (κ1) is 21.5. The Morgan fingerprint density at radius 3 is 2.37 bits per heavy atom. The van der Waals surface area contributed by atoms with Crippen LogP contribution in [-0.2, 0) is 11.3 Å². The highest BCUT2D eigenvalue weighted by Gasteiger charge is 2.22. The van der Waals surface area contributed by atoms with Gasteiger partial charge in [-0.05, 0) is 39.0 Å². The largest absolute Gasteiger partial charge is 0.506 e. The molecule has 0 aromatic heterocycles. The van der Waals surface area contributed by atoms with E-state index in [4.69, 9.17) is 44.3 Å². The van der Waals surface area contributed by atoms with E-state index in [0.29, 0.717) is 27.0 Å². The van der Waals surface area contributed by atoms with Gasteiger partial charge in [-0.3, -0.25) is 0 Å². The van der Waals surface area contributed by atoms with Gasteiger partial charge in [0.15, 0.2) is 0 Å². The predicted molar refractivity (Wildman–Crippen MR) is 109 cm³/mol. The zero-order chi connectivity index (χ0) is 20.4. The Bertz CT molecular complexity index is 863. The first-order valence-electron chi connectivity index (χ1n) is 8.03. The van der Waals surface area contributed by atoms with Gasteiger partial charge in [-0.2, -0.15) is 0 Å². The molecule has 0 aliphatic heterocycles. The van der Waals surface area contributed by atoms with Gasteiger partial charge in [-0.25, -0.2) is 4.79 Å². The molecule has 2 N–H and O–H groups in total. The summed E-state index contributed by atoms with van der Waals surface area (Å²) in [5, 5.41) is 14.0. The topological polar surface area (TPSA) is 67.8 Å². The maximum Gasteiger partial charge on any atom is 0.342 e. The lowest BCUT2D eigenvalue weighted by Gasteiger charge is -2.21. The lowest BCUT2D eigenvalue weighted by molar-refractivity contribution is 0.00666. The van der Waals surface area contributed by atoms with Crippen LogP contribution in [0.2, 0.25) is 15.1 Å². The van der Waals surface area contributed by atoms with Crippen molar-refractivity contribution in [2.24, 2.45) is 0 Å². The van der Waals surface area contributed by atoms with E-state index in [1.54, 1.807) is 32.9 Å². The molecule has 8 heteroatoms. The van der Waals surface area contributed by atoms with E-state index in [9.17, 15) is 9.90 Å². The molecule has 0 heterocycles. The number of hydrogen-bond donors (Lipinski definition) is 2. The molecule has 0 spiro atoms. The third-order valence-corrected chi connectivity index (χ3v) is 4.30. The summed E-state index contributed by atoms with van der Waals surface area (Å²) >= 11 is 18.2. The summed E-state index contributed by atoms with van der Waals surface area (Å²) in [7, 11) is 1.45. The molecule has 0 amide bonds. The van der Waals surface area contributed by atoms with Crippen molar-refractivity contribution in [1.82, 2.24) is 0 Å². The van der Waals surface area contributed by atoms with Crippen molar-refractivity contribution in [1.29, 1.82) is 0 Å². The summed E-state index contributed by atoms with van der Waals surface area (Å²) in [6, 6.07) is 6.11. The molecule has 0 aliphatic carbocycles. The summed E-state index contributed by atoms with van der Waals surface area (Å²) in [5.41, 5.74) is 0.584. The summed E-state index contributed by atoms with van der Waals surface area (Å²) in [5.74, 6) is -0.293. The van der Waals surface area contributed by atoms with Crippen LogP contribution in [0.25, 0.3) is 0 Å². The third-order valence-electron chi connectivity index (χ3n) is 3.48. The number of phenolic OH excluding ortho intramolecular Hbond substituents is 1. The monoisotopic (exact) mass is 431 g/mol. The first-order valence-corrected chi connectivity index (χ1v) is 9.17. The van der Waals surface area contributed by atoms with Crippen molar-refractivity contribution >= 4 is 46.5 Å². The minimum atomic E-state index is -0.644. The molecule has 0 unspecified atom stereocenters. The van der Waals surface area contributed by atoms with Crippen molar-refractivity contribution in [3.63, 3.8) is 0 Å². The zero-order valence-corrected chi connectivity index (χ0v) is 17.6. The van der Waals surface area contributed by atoms with Crippen LogP contribution in [0.4, 0.5) is 5.69 Å². The molecule has 27 heavy (non-hydrogen) atoms. The number of rotatable bonds is 5. The Hall–Kier alpha value is -1.82. The van der Waals surface area contributed by atoms with E-state index in [1.165, 1.54) is 19.2 Å². The second-order valence-corrected chi connectivity index (χ2v) is 8.03. The van der Waals surface area contributed by atoms with Crippen molar-refractivity contribution < 1.29 is 19.4 Å². The average Bonchev–Trinajstić information content (AvgIpc) is 2.55. The van der Waals surface area contributed by atoms with E-state index in [0.717, 1.165) is 0 Å². The van der Waals surface area contributed by atoms with Crippen LogP contribution in [-0.4, -0.2) is 23.8 Å². The highest BCUT2D eigenvalue weighted by atomic mass is 35.5. The zero-order valence-electron chi connectivity index (χ0n) is 15.3. The Morgan fingerprint density at radius 2 is 1.78 bits per heavy atom. The van der Waals surface area contributed by atoms with Crippen molar-refractivity contribution in [2.45, 2.75) is 32.9 Å². The fourth-order valence-electron chi connectivity index (χ4n) is 2.29. The number of halogens is 3. The quantitative estimate of drug-likeness (QED) is 0.573. The molecule has 0 radical (unpaired) electrons. The highest BCUT2D eigenvalue weighted by Crippen LogP contribution is 2.35. The Morgan fingerprint density at radius 1 is 1.11 bits per heavy atom. The first-order chi connectivity index (χ1) is 12.5. The number of phenols is 1. The molecule has 2 aromatic rings. The number of ether oxygens (including phenoxy) is 2. The maximum atomic E-state index is 12.4. The van der Waals surface area contributed by atoms with Gasteiger partial charge in [0, 0.05) is 23.2 Å². The average molecular weight is 433 g/mol. The van der Waals surface area contributed by atoms with Crippen LogP contribution < -0.4 is 10.1 Å². The van der Waals surface area contributed by atoms with Gasteiger partial charge >= 0.3 is 5.97 Å². The van der Waals surface area contributed by atoms with Crippen molar-refractivity contribution in [3.8, 4) is 11.5 Å². The molecule has 2 aromatic carbocycles. The van der Waals surface area contributed by atoms with Crippen molar-refractivity contribution in [3.05, 3.63) is 50.5 Å². The number of benzene rings is 2. The van der Waals surface area contributed by atoms with Crippen LogP contribution in [0.5, 0.6) is 11.5 Å². The summed E-state index contributed by atoms with van der Waals surface area (Å²) in [4.78, 5) is 12.4. The minimum absolute atomic E-state index is 0.0676. The lowest BCUT2D eigenvalue weighted by Crippen LogP contribution is -2.24. The number of carbonyl (C=O) groups is 1. The van der Waals surface area contributed by atoms with Crippen molar-refractivity contribution in [2.75, 3.05) is 12.4 Å². The number of carbonyl (C=O) groups excluding carboxylic acids is 1. The number of aromatic hydroxyl groups is 1. The van der Waals surface area contributed by atoms with E-state index in [1.807, 2.05) is 0 Å². The molecule has 0 saturated heterocycles. The van der Waals surface area contributed by atoms with Gasteiger partial charge in [0.2, 0.25) is 0 Å². The lowest BCUT2D eigenvalue weighted by atomic mass is 10.1. The van der Waals surface area contributed by atoms with Gasteiger partial charge in [0.05, 0.1) is 22.8 Å².